The van der Waals surface area contributed by atoms with Gasteiger partial charge in [0.1, 0.15) is 6.04 Å². The van der Waals surface area contributed by atoms with Gasteiger partial charge in [0.15, 0.2) is 0 Å². The fraction of sp³-hybridized carbons (Fsp3) is 0.467. The van der Waals surface area contributed by atoms with Gasteiger partial charge in [0.25, 0.3) is 0 Å². The van der Waals surface area contributed by atoms with Crippen molar-refractivity contribution >= 4 is 52.3 Å². The zero-order valence-electron chi connectivity index (χ0n) is 12.3. The quantitative estimate of drug-likeness (QED) is 0.814. The van der Waals surface area contributed by atoms with E-state index in [0.29, 0.717) is 33.7 Å². The van der Waals surface area contributed by atoms with Crippen LogP contribution in [-0.4, -0.2) is 29.3 Å². The van der Waals surface area contributed by atoms with Gasteiger partial charge >= 0.3 is 0 Å². The van der Waals surface area contributed by atoms with Crippen LogP contribution in [0.2, 0.25) is 15.1 Å². The van der Waals surface area contributed by atoms with Crippen molar-refractivity contribution in [3.8, 4) is 0 Å². The van der Waals surface area contributed by atoms with Crippen LogP contribution in [0.15, 0.2) is 12.1 Å². The molecule has 1 saturated heterocycles. The fourth-order valence-electron chi connectivity index (χ4n) is 2.59. The third-order valence-electron chi connectivity index (χ3n) is 3.61. The van der Waals surface area contributed by atoms with Gasteiger partial charge in [0.05, 0.1) is 20.8 Å². The number of amides is 2. The molecule has 1 N–H and O–H groups in total. The largest absolute Gasteiger partial charge is 0.330 e. The Morgan fingerprint density at radius 2 is 1.82 bits per heavy atom. The molecule has 0 aliphatic carbocycles. The maximum atomic E-state index is 12.6. The summed E-state index contributed by atoms with van der Waals surface area (Å²) in [4.78, 5) is 26.1. The Kier molecular flexibility index (Phi) is 5.59. The summed E-state index contributed by atoms with van der Waals surface area (Å²) >= 11 is 17.9. The maximum Gasteiger partial charge on any atom is 0.247 e. The first kappa shape index (κ1) is 17.4. The third-order valence-corrected chi connectivity index (χ3v) is 4.65. The molecule has 1 aromatic rings. The summed E-state index contributed by atoms with van der Waals surface area (Å²) in [5.74, 6) is -0.275. The molecule has 120 valence electrons. The summed E-state index contributed by atoms with van der Waals surface area (Å²) in [6.45, 7) is 4.42. The van der Waals surface area contributed by atoms with Crippen LogP contribution in [0.3, 0.4) is 0 Å². The van der Waals surface area contributed by atoms with Gasteiger partial charge in [-0.2, -0.15) is 0 Å². The van der Waals surface area contributed by atoms with E-state index < -0.39 is 6.04 Å². The Labute approximate surface area is 144 Å². The molecule has 1 heterocycles. The number of nitrogens with one attached hydrogen (secondary N) is 1. The number of carbonyl (C=O) groups is 2. The normalized spacial score (nSPS) is 16.3. The first-order valence-corrected chi connectivity index (χ1v) is 8.19. The highest BCUT2D eigenvalue weighted by Gasteiger charge is 2.35. The lowest BCUT2D eigenvalue weighted by Crippen LogP contribution is -2.48. The number of nitrogens with zero attached hydrogens (tertiary/aromatic N) is 1. The molecule has 2 amide bonds. The Balaban J connectivity index is 2.22. The van der Waals surface area contributed by atoms with Gasteiger partial charge in [-0.1, -0.05) is 48.7 Å². The topological polar surface area (TPSA) is 49.4 Å². The van der Waals surface area contributed by atoms with Gasteiger partial charge < -0.3 is 10.2 Å². The van der Waals surface area contributed by atoms with E-state index in [2.05, 4.69) is 5.32 Å². The molecule has 1 aliphatic heterocycles. The molecule has 1 unspecified atom stereocenters. The van der Waals surface area contributed by atoms with Gasteiger partial charge in [-0.25, -0.2) is 0 Å². The maximum absolute atomic E-state index is 12.6. The number of hydrogen-bond donors (Lipinski definition) is 1. The van der Waals surface area contributed by atoms with E-state index in [4.69, 9.17) is 34.8 Å². The van der Waals surface area contributed by atoms with Crippen LogP contribution in [0.25, 0.3) is 0 Å². The van der Waals surface area contributed by atoms with Gasteiger partial charge in [-0.3, -0.25) is 9.59 Å². The molecule has 1 aromatic carbocycles. The number of benzene rings is 1. The minimum Gasteiger partial charge on any atom is -0.330 e. The smallest absolute Gasteiger partial charge is 0.247 e. The van der Waals surface area contributed by atoms with E-state index in [1.165, 1.54) is 12.1 Å². The van der Waals surface area contributed by atoms with Crippen LogP contribution in [0.1, 0.15) is 26.7 Å². The highest BCUT2D eigenvalue weighted by molar-refractivity contribution is 6.44. The van der Waals surface area contributed by atoms with E-state index in [9.17, 15) is 9.59 Å². The van der Waals surface area contributed by atoms with Crippen LogP contribution in [0.4, 0.5) is 5.69 Å². The van der Waals surface area contributed by atoms with E-state index in [1.807, 2.05) is 13.8 Å². The zero-order chi connectivity index (χ0) is 16.4. The minimum atomic E-state index is -0.527. The van der Waals surface area contributed by atoms with Crippen LogP contribution in [-0.2, 0) is 9.59 Å². The molecule has 0 spiro atoms. The summed E-state index contributed by atoms with van der Waals surface area (Å²) < 4.78 is 0. The van der Waals surface area contributed by atoms with Crippen molar-refractivity contribution in [3.05, 3.63) is 27.2 Å². The van der Waals surface area contributed by atoms with Crippen molar-refractivity contribution in [2.24, 2.45) is 5.92 Å². The predicted octanol–water partition coefficient (Wildman–Crippen LogP) is 4.23. The third kappa shape index (κ3) is 3.67. The second-order valence-corrected chi connectivity index (χ2v) is 6.84. The van der Waals surface area contributed by atoms with Crippen LogP contribution in [0.5, 0.6) is 0 Å². The molecule has 22 heavy (non-hydrogen) atoms. The molecular formula is C15H17Cl3N2O2. The molecule has 1 fully saturated rings. The van der Waals surface area contributed by atoms with E-state index in [-0.39, 0.29) is 17.7 Å². The molecule has 0 radical (unpaired) electrons. The first-order valence-electron chi connectivity index (χ1n) is 7.06. The Hall–Kier alpha value is -0.970. The predicted molar refractivity (Wildman–Crippen MR) is 89.7 cm³/mol. The minimum absolute atomic E-state index is 0.00841. The van der Waals surface area contributed by atoms with Crippen molar-refractivity contribution in [3.63, 3.8) is 0 Å². The van der Waals surface area contributed by atoms with Crippen LogP contribution < -0.4 is 5.32 Å². The van der Waals surface area contributed by atoms with Gasteiger partial charge in [-0.05, 0) is 24.5 Å². The molecule has 4 nitrogen and oxygen atoms in total. The van der Waals surface area contributed by atoms with Crippen molar-refractivity contribution in [2.75, 3.05) is 11.9 Å². The summed E-state index contributed by atoms with van der Waals surface area (Å²) in [6.07, 6.45) is 1.27. The van der Waals surface area contributed by atoms with Crippen molar-refractivity contribution in [1.29, 1.82) is 0 Å². The van der Waals surface area contributed by atoms with E-state index in [1.54, 1.807) is 4.90 Å². The standard InChI is InChI=1S/C15H17Cl3N2O2/c1-8(2)14(20-5-3-4-13(20)21)15(22)19-12-7-10(17)9(16)6-11(12)18/h6-8,14H,3-5H2,1-2H3,(H,19,22). The van der Waals surface area contributed by atoms with Gasteiger partial charge in [0.2, 0.25) is 11.8 Å². The molecule has 0 aromatic heterocycles. The summed E-state index contributed by atoms with van der Waals surface area (Å²) in [6, 6.07) is 2.46. The van der Waals surface area contributed by atoms with E-state index >= 15 is 0 Å². The molecular weight excluding hydrogens is 347 g/mol. The molecule has 2 rings (SSSR count). The molecule has 7 heteroatoms. The van der Waals surface area contributed by atoms with Gasteiger partial charge in [0, 0.05) is 13.0 Å². The fourth-order valence-corrected chi connectivity index (χ4v) is 3.19. The first-order chi connectivity index (χ1) is 10.3. The average Bonchev–Trinajstić information content (AvgIpc) is 2.82. The van der Waals surface area contributed by atoms with Crippen LogP contribution >= 0.6 is 34.8 Å². The molecule has 0 bridgehead atoms. The summed E-state index contributed by atoms with van der Waals surface area (Å²) in [7, 11) is 0. The lowest BCUT2D eigenvalue weighted by molar-refractivity contribution is -0.136. The van der Waals surface area contributed by atoms with Gasteiger partial charge in [-0.15, -0.1) is 0 Å². The van der Waals surface area contributed by atoms with Crippen molar-refractivity contribution in [2.45, 2.75) is 32.7 Å². The van der Waals surface area contributed by atoms with Crippen molar-refractivity contribution in [1.82, 2.24) is 4.90 Å². The summed E-state index contributed by atoms with van der Waals surface area (Å²) in [5.41, 5.74) is 0.387. The highest BCUT2D eigenvalue weighted by atomic mass is 35.5. The molecule has 1 atom stereocenters. The second-order valence-electron chi connectivity index (χ2n) is 5.61. The monoisotopic (exact) mass is 362 g/mol. The number of anilines is 1. The van der Waals surface area contributed by atoms with E-state index in [0.717, 1.165) is 6.42 Å². The lowest BCUT2D eigenvalue weighted by atomic mass is 10.0. The molecule has 1 aliphatic rings. The number of hydrogen-bond acceptors (Lipinski definition) is 2. The Bertz CT molecular complexity index is 605. The Morgan fingerprint density at radius 1 is 1.18 bits per heavy atom. The summed E-state index contributed by atoms with van der Waals surface area (Å²) in [5, 5.41) is 3.68. The number of carbonyl (C=O) groups excluding carboxylic acids is 2. The number of rotatable bonds is 4. The highest BCUT2D eigenvalue weighted by Crippen LogP contribution is 2.32. The molecule has 0 saturated carbocycles. The Morgan fingerprint density at radius 3 is 2.36 bits per heavy atom. The number of halogens is 3. The average molecular weight is 364 g/mol. The zero-order valence-corrected chi connectivity index (χ0v) is 14.6. The lowest BCUT2D eigenvalue weighted by Gasteiger charge is -2.30. The SMILES string of the molecule is CC(C)C(C(=O)Nc1cc(Cl)c(Cl)cc1Cl)N1CCCC1=O. The van der Waals surface area contributed by atoms with Crippen LogP contribution in [0, 0.1) is 5.92 Å². The van der Waals surface area contributed by atoms with Crippen molar-refractivity contribution < 1.29 is 9.59 Å². The second kappa shape index (κ2) is 7.07. The number of likely N-dealkylation sites (tertiary alicyclic amines) is 1.